The molecule has 4 amide bonds. The standard InChI is InChI=1S/C24H25ClN4O7/c1-28(23(34)35)16-6-3-14(4-7-16)20(31)26-19(12-30)21(32)29-10-2-9-24(13-29)17-11-15(25)5-8-18(17)27-22(33)36-24/h3-8,11,19,30H,2,9-10,12-13H2,1H3,(H,26,31)(H,27,33)(H,34,35)/t19-,24-/m0/s1. The zero-order valence-electron chi connectivity index (χ0n) is 19.4. The van der Waals surface area contributed by atoms with E-state index in [-0.39, 0.29) is 12.1 Å². The van der Waals surface area contributed by atoms with Crippen molar-refractivity contribution in [2.24, 2.45) is 0 Å². The first-order valence-electron chi connectivity index (χ1n) is 11.2. The zero-order valence-corrected chi connectivity index (χ0v) is 20.1. The van der Waals surface area contributed by atoms with Crippen molar-refractivity contribution in [3.63, 3.8) is 0 Å². The smallest absolute Gasteiger partial charge is 0.412 e. The van der Waals surface area contributed by atoms with Crippen molar-refractivity contribution in [1.29, 1.82) is 0 Å². The van der Waals surface area contributed by atoms with Crippen LogP contribution in [-0.4, -0.2) is 71.9 Å². The van der Waals surface area contributed by atoms with E-state index < -0.39 is 42.3 Å². The number of piperidine rings is 1. The number of nitrogens with one attached hydrogen (secondary N) is 2. The maximum absolute atomic E-state index is 13.3. The summed E-state index contributed by atoms with van der Waals surface area (Å²) in [6.45, 7) is -0.253. The molecule has 2 atom stereocenters. The molecule has 12 heteroatoms. The van der Waals surface area contributed by atoms with E-state index in [1.165, 1.54) is 36.2 Å². The van der Waals surface area contributed by atoms with Crippen molar-refractivity contribution in [3.8, 4) is 0 Å². The van der Waals surface area contributed by atoms with Gasteiger partial charge in [0.2, 0.25) is 5.91 Å². The van der Waals surface area contributed by atoms with Crippen LogP contribution in [0.3, 0.4) is 0 Å². The number of aliphatic hydroxyl groups excluding tert-OH is 1. The number of benzene rings is 2. The van der Waals surface area contributed by atoms with Gasteiger partial charge in [-0.3, -0.25) is 19.8 Å². The average Bonchev–Trinajstić information content (AvgIpc) is 2.87. The Balaban J connectivity index is 1.49. The van der Waals surface area contributed by atoms with Gasteiger partial charge in [-0.15, -0.1) is 0 Å². The minimum absolute atomic E-state index is 0.0369. The molecule has 1 saturated heterocycles. The minimum atomic E-state index is -1.23. The van der Waals surface area contributed by atoms with E-state index in [0.29, 0.717) is 41.3 Å². The Bertz CT molecular complexity index is 1210. The van der Waals surface area contributed by atoms with Gasteiger partial charge in [-0.25, -0.2) is 9.59 Å². The monoisotopic (exact) mass is 516 g/mol. The van der Waals surface area contributed by atoms with Crippen LogP contribution in [0.2, 0.25) is 5.02 Å². The number of anilines is 2. The molecule has 0 unspecified atom stereocenters. The summed E-state index contributed by atoms with van der Waals surface area (Å²) in [5, 5.41) is 24.6. The summed E-state index contributed by atoms with van der Waals surface area (Å²) in [7, 11) is 1.37. The first-order chi connectivity index (χ1) is 17.1. The molecule has 11 nitrogen and oxygen atoms in total. The SMILES string of the molecule is CN(C(=O)O)c1ccc(C(=O)N[C@@H](CO)C(=O)N2CCC[C@@]3(C2)OC(=O)Nc2ccc(Cl)cc23)cc1. The van der Waals surface area contributed by atoms with Gasteiger partial charge >= 0.3 is 12.2 Å². The molecule has 0 bridgehead atoms. The van der Waals surface area contributed by atoms with Crippen molar-refractivity contribution < 1.29 is 34.1 Å². The van der Waals surface area contributed by atoms with Crippen LogP contribution in [0.25, 0.3) is 0 Å². The van der Waals surface area contributed by atoms with Crippen molar-refractivity contribution in [2.45, 2.75) is 24.5 Å². The number of carbonyl (C=O) groups is 4. The number of fused-ring (bicyclic) bond motifs is 2. The molecular weight excluding hydrogens is 492 g/mol. The Hall–Kier alpha value is -3.83. The van der Waals surface area contributed by atoms with Crippen LogP contribution in [0.5, 0.6) is 0 Å². The highest BCUT2D eigenvalue weighted by Gasteiger charge is 2.47. The molecule has 2 aromatic carbocycles. The molecule has 190 valence electrons. The molecule has 4 N–H and O–H groups in total. The van der Waals surface area contributed by atoms with E-state index >= 15 is 0 Å². The highest BCUT2D eigenvalue weighted by Crippen LogP contribution is 2.43. The van der Waals surface area contributed by atoms with Gasteiger partial charge in [-0.2, -0.15) is 0 Å². The maximum atomic E-state index is 13.3. The number of hydrogen-bond acceptors (Lipinski definition) is 6. The molecule has 1 spiro atoms. The van der Waals surface area contributed by atoms with Gasteiger partial charge in [0.15, 0.2) is 5.60 Å². The van der Waals surface area contributed by atoms with Gasteiger partial charge in [0.1, 0.15) is 6.04 Å². The second-order valence-electron chi connectivity index (χ2n) is 8.66. The van der Waals surface area contributed by atoms with Crippen molar-refractivity contribution in [2.75, 3.05) is 37.0 Å². The van der Waals surface area contributed by atoms with Crippen LogP contribution in [0.4, 0.5) is 21.0 Å². The van der Waals surface area contributed by atoms with E-state index in [4.69, 9.17) is 21.4 Å². The molecule has 2 aliphatic rings. The Morgan fingerprint density at radius 3 is 2.64 bits per heavy atom. The summed E-state index contributed by atoms with van der Waals surface area (Å²) in [5.41, 5.74) is 0.656. The lowest BCUT2D eigenvalue weighted by Crippen LogP contribution is -2.58. The predicted molar refractivity (Wildman–Crippen MR) is 130 cm³/mol. The number of aliphatic hydroxyl groups is 1. The first kappa shape index (κ1) is 25.3. The molecule has 0 aliphatic carbocycles. The number of likely N-dealkylation sites (tertiary alicyclic amines) is 1. The lowest BCUT2D eigenvalue weighted by Gasteiger charge is -2.45. The predicted octanol–water partition coefficient (Wildman–Crippen LogP) is 2.62. The average molecular weight is 517 g/mol. The fourth-order valence-electron chi connectivity index (χ4n) is 4.48. The van der Waals surface area contributed by atoms with Crippen LogP contribution < -0.4 is 15.5 Å². The summed E-state index contributed by atoms with van der Waals surface area (Å²) in [6.07, 6.45) is -0.787. The molecule has 2 aliphatic heterocycles. The second-order valence-corrected chi connectivity index (χ2v) is 9.10. The quantitative estimate of drug-likeness (QED) is 0.477. The number of carbonyl (C=O) groups excluding carboxylic acids is 3. The number of amides is 4. The first-order valence-corrected chi connectivity index (χ1v) is 11.6. The lowest BCUT2D eigenvalue weighted by molar-refractivity contribution is -0.142. The molecule has 2 heterocycles. The highest BCUT2D eigenvalue weighted by molar-refractivity contribution is 6.30. The summed E-state index contributed by atoms with van der Waals surface area (Å²) < 4.78 is 5.69. The summed E-state index contributed by atoms with van der Waals surface area (Å²) in [5.74, 6) is -1.13. The fourth-order valence-corrected chi connectivity index (χ4v) is 4.65. The molecular formula is C24H25ClN4O7. The summed E-state index contributed by atoms with van der Waals surface area (Å²) >= 11 is 6.18. The normalized spacial score (nSPS) is 19.5. The number of halogens is 1. The Morgan fingerprint density at radius 2 is 1.97 bits per heavy atom. The van der Waals surface area contributed by atoms with Gasteiger partial charge in [-0.1, -0.05) is 11.6 Å². The van der Waals surface area contributed by atoms with Gasteiger partial charge in [-0.05, 0) is 55.3 Å². The third kappa shape index (κ3) is 4.93. The molecule has 0 radical (unpaired) electrons. The third-order valence-electron chi connectivity index (χ3n) is 6.35. The van der Waals surface area contributed by atoms with Crippen LogP contribution in [0.15, 0.2) is 42.5 Å². The van der Waals surface area contributed by atoms with E-state index in [0.717, 1.165) is 4.90 Å². The molecule has 1 fully saturated rings. The van der Waals surface area contributed by atoms with E-state index in [9.17, 15) is 24.3 Å². The second kappa shape index (κ2) is 10.0. The Morgan fingerprint density at radius 1 is 1.25 bits per heavy atom. The Labute approximate surface area is 211 Å². The molecule has 0 aromatic heterocycles. The van der Waals surface area contributed by atoms with Gasteiger partial charge in [0.05, 0.1) is 18.8 Å². The van der Waals surface area contributed by atoms with Gasteiger partial charge < -0.3 is 25.2 Å². The largest absolute Gasteiger partial charge is 0.465 e. The number of nitrogens with zero attached hydrogens (tertiary/aromatic N) is 2. The van der Waals surface area contributed by atoms with E-state index in [1.807, 2.05) is 0 Å². The zero-order chi connectivity index (χ0) is 26.0. The third-order valence-corrected chi connectivity index (χ3v) is 6.59. The maximum Gasteiger partial charge on any atom is 0.412 e. The molecule has 0 saturated carbocycles. The lowest BCUT2D eigenvalue weighted by atomic mass is 9.83. The Kier molecular flexibility index (Phi) is 7.04. The summed E-state index contributed by atoms with van der Waals surface area (Å²) in [4.78, 5) is 51.8. The molecule has 36 heavy (non-hydrogen) atoms. The summed E-state index contributed by atoms with van der Waals surface area (Å²) in [6, 6.07) is 9.56. The molecule has 4 rings (SSSR count). The number of hydrogen-bond donors (Lipinski definition) is 4. The molecule has 2 aromatic rings. The van der Waals surface area contributed by atoms with Gasteiger partial charge in [0.25, 0.3) is 5.91 Å². The van der Waals surface area contributed by atoms with Crippen molar-refractivity contribution in [3.05, 3.63) is 58.6 Å². The van der Waals surface area contributed by atoms with E-state index in [2.05, 4.69) is 10.6 Å². The number of carboxylic acid groups (broad SMARTS) is 1. The minimum Gasteiger partial charge on any atom is -0.465 e. The van der Waals surface area contributed by atoms with Crippen LogP contribution in [0.1, 0.15) is 28.8 Å². The van der Waals surface area contributed by atoms with Crippen LogP contribution in [0, 0.1) is 0 Å². The topological polar surface area (TPSA) is 149 Å². The van der Waals surface area contributed by atoms with Crippen LogP contribution >= 0.6 is 11.6 Å². The van der Waals surface area contributed by atoms with Crippen molar-refractivity contribution in [1.82, 2.24) is 10.2 Å². The van der Waals surface area contributed by atoms with Gasteiger partial charge in [0, 0.05) is 35.4 Å². The number of ether oxygens (including phenoxy) is 1. The van der Waals surface area contributed by atoms with Crippen LogP contribution in [-0.2, 0) is 15.1 Å². The fraction of sp³-hybridized carbons (Fsp3) is 0.333. The van der Waals surface area contributed by atoms with Crippen molar-refractivity contribution >= 4 is 47.0 Å². The van der Waals surface area contributed by atoms with E-state index in [1.54, 1.807) is 18.2 Å². The number of rotatable bonds is 5. The highest BCUT2D eigenvalue weighted by atomic mass is 35.5.